The molecule has 3 nitrogen and oxygen atoms in total. The second-order valence-corrected chi connectivity index (χ2v) is 6.71. The number of hydrogen-bond acceptors (Lipinski definition) is 2. The van der Waals surface area contributed by atoms with Crippen molar-refractivity contribution in [3.63, 3.8) is 0 Å². The quantitative estimate of drug-likeness (QED) is 0.801. The van der Waals surface area contributed by atoms with Crippen LogP contribution in [-0.4, -0.2) is 14.8 Å². The normalized spacial score (nSPS) is 24.2. The Morgan fingerprint density at radius 3 is 2.76 bits per heavy atom. The van der Waals surface area contributed by atoms with E-state index in [0.717, 1.165) is 10.6 Å². The molecule has 0 radical (unpaired) electrons. The first kappa shape index (κ1) is 12.8. The molecule has 1 unspecified atom stereocenters. The summed E-state index contributed by atoms with van der Waals surface area (Å²) in [6.45, 7) is 9.07. The molecule has 1 heterocycles. The molecule has 96 valence electrons. The predicted octanol–water partition coefficient (Wildman–Crippen LogP) is 4.21. The lowest BCUT2D eigenvalue weighted by Gasteiger charge is -2.36. The lowest BCUT2D eigenvalue weighted by Crippen LogP contribution is -2.26. The van der Waals surface area contributed by atoms with Gasteiger partial charge in [0.1, 0.15) is 5.82 Å². The summed E-state index contributed by atoms with van der Waals surface area (Å²) in [6.07, 6.45) is 5.06. The molecule has 1 atom stereocenters. The van der Waals surface area contributed by atoms with Crippen LogP contribution in [0.3, 0.4) is 0 Å². The smallest absolute Gasteiger partial charge is 0.195 e. The monoisotopic (exact) mass is 253 g/mol. The molecule has 1 saturated carbocycles. The van der Waals surface area contributed by atoms with Crippen molar-refractivity contribution in [2.75, 3.05) is 0 Å². The molecule has 0 spiro atoms. The van der Waals surface area contributed by atoms with Crippen LogP contribution in [0.2, 0.25) is 0 Å². The van der Waals surface area contributed by atoms with E-state index < -0.39 is 0 Å². The van der Waals surface area contributed by atoms with Crippen LogP contribution in [0.4, 0.5) is 0 Å². The van der Waals surface area contributed by atoms with E-state index in [4.69, 9.17) is 12.2 Å². The summed E-state index contributed by atoms with van der Waals surface area (Å²) in [4.78, 5) is 0. The standard InChI is InChI=1S/C13H23N3S/c1-9(2)11-14-15-12(17)16(11)10-6-5-7-13(3,4)8-10/h9-10H,5-8H2,1-4H3,(H,15,17). The van der Waals surface area contributed by atoms with Crippen molar-refractivity contribution in [3.05, 3.63) is 10.6 Å². The maximum Gasteiger partial charge on any atom is 0.195 e. The van der Waals surface area contributed by atoms with Gasteiger partial charge < -0.3 is 4.57 Å². The molecule has 1 aromatic heterocycles. The summed E-state index contributed by atoms with van der Waals surface area (Å²) in [6, 6.07) is 0.530. The second-order valence-electron chi connectivity index (χ2n) is 6.33. The maximum atomic E-state index is 5.39. The largest absolute Gasteiger partial charge is 0.301 e. The van der Waals surface area contributed by atoms with Gasteiger partial charge in [-0.2, -0.15) is 5.10 Å². The summed E-state index contributed by atoms with van der Waals surface area (Å²) in [5.74, 6) is 1.53. The van der Waals surface area contributed by atoms with Crippen molar-refractivity contribution in [2.24, 2.45) is 5.41 Å². The van der Waals surface area contributed by atoms with Crippen LogP contribution in [0, 0.1) is 10.2 Å². The summed E-state index contributed by atoms with van der Waals surface area (Å²) >= 11 is 5.39. The van der Waals surface area contributed by atoms with Gasteiger partial charge in [-0.05, 0) is 36.9 Å². The van der Waals surface area contributed by atoms with Gasteiger partial charge in [0.2, 0.25) is 0 Å². The first-order chi connectivity index (χ1) is 7.91. The SMILES string of the molecule is CC(C)c1n[nH]c(=S)n1C1CCCC(C)(C)C1. The molecule has 0 aromatic carbocycles. The summed E-state index contributed by atoms with van der Waals surface area (Å²) in [5, 5.41) is 7.34. The number of nitrogens with zero attached hydrogens (tertiary/aromatic N) is 2. The van der Waals surface area contributed by atoms with Crippen LogP contribution in [-0.2, 0) is 0 Å². The second kappa shape index (κ2) is 4.56. The van der Waals surface area contributed by atoms with Crippen LogP contribution >= 0.6 is 12.2 Å². The van der Waals surface area contributed by atoms with Gasteiger partial charge in [0.25, 0.3) is 0 Å². The molecule has 1 aromatic rings. The van der Waals surface area contributed by atoms with Gasteiger partial charge in [0, 0.05) is 12.0 Å². The van der Waals surface area contributed by atoms with Crippen LogP contribution in [0.1, 0.15) is 71.2 Å². The van der Waals surface area contributed by atoms with Gasteiger partial charge in [-0.25, -0.2) is 0 Å². The molecular weight excluding hydrogens is 230 g/mol. The highest BCUT2D eigenvalue weighted by molar-refractivity contribution is 7.71. The number of hydrogen-bond donors (Lipinski definition) is 1. The zero-order valence-corrected chi connectivity index (χ0v) is 12.1. The third kappa shape index (κ3) is 2.62. The van der Waals surface area contributed by atoms with Crippen LogP contribution in [0.5, 0.6) is 0 Å². The van der Waals surface area contributed by atoms with Gasteiger partial charge in [-0.3, -0.25) is 5.10 Å². The van der Waals surface area contributed by atoms with Gasteiger partial charge in [-0.1, -0.05) is 34.1 Å². The Hall–Kier alpha value is -0.640. The maximum absolute atomic E-state index is 5.39. The van der Waals surface area contributed by atoms with Crippen LogP contribution in [0.25, 0.3) is 0 Å². The molecular formula is C13H23N3S. The van der Waals surface area contributed by atoms with Crippen molar-refractivity contribution in [1.29, 1.82) is 0 Å². The zero-order chi connectivity index (χ0) is 12.6. The van der Waals surface area contributed by atoms with Crippen molar-refractivity contribution in [2.45, 2.75) is 65.3 Å². The minimum absolute atomic E-state index is 0.424. The minimum Gasteiger partial charge on any atom is -0.301 e. The molecule has 0 aliphatic heterocycles. The summed E-state index contributed by atoms with van der Waals surface area (Å²) < 4.78 is 3.05. The molecule has 0 amide bonds. The fourth-order valence-corrected chi connectivity index (χ4v) is 3.24. The highest BCUT2D eigenvalue weighted by Gasteiger charge is 2.30. The fraction of sp³-hybridized carbons (Fsp3) is 0.846. The van der Waals surface area contributed by atoms with E-state index in [9.17, 15) is 0 Å². The first-order valence-corrected chi connectivity index (χ1v) is 6.98. The number of aromatic amines is 1. The molecule has 1 fully saturated rings. The number of aromatic nitrogens is 3. The van der Waals surface area contributed by atoms with Crippen molar-refractivity contribution in [3.8, 4) is 0 Å². The molecule has 1 aliphatic rings. The Balaban J connectivity index is 2.33. The Morgan fingerprint density at radius 1 is 1.47 bits per heavy atom. The summed E-state index contributed by atoms with van der Waals surface area (Å²) in [7, 11) is 0. The van der Waals surface area contributed by atoms with Gasteiger partial charge in [0.15, 0.2) is 4.77 Å². The van der Waals surface area contributed by atoms with E-state index in [2.05, 4.69) is 42.5 Å². The topological polar surface area (TPSA) is 33.6 Å². The molecule has 1 aliphatic carbocycles. The van der Waals surface area contributed by atoms with E-state index in [0.29, 0.717) is 17.4 Å². The van der Waals surface area contributed by atoms with Crippen molar-refractivity contribution < 1.29 is 0 Å². The third-order valence-electron chi connectivity index (χ3n) is 3.79. The predicted molar refractivity (Wildman–Crippen MR) is 72.8 cm³/mol. The zero-order valence-electron chi connectivity index (χ0n) is 11.3. The highest BCUT2D eigenvalue weighted by atomic mass is 32.1. The fourth-order valence-electron chi connectivity index (χ4n) is 2.96. The third-order valence-corrected chi connectivity index (χ3v) is 4.08. The van der Waals surface area contributed by atoms with Gasteiger partial charge in [0.05, 0.1) is 0 Å². The van der Waals surface area contributed by atoms with E-state index in [1.54, 1.807) is 0 Å². The Labute approximate surface area is 109 Å². The Kier molecular flexibility index (Phi) is 3.43. The molecule has 0 bridgehead atoms. The van der Waals surface area contributed by atoms with Crippen molar-refractivity contribution in [1.82, 2.24) is 14.8 Å². The van der Waals surface area contributed by atoms with Crippen molar-refractivity contribution >= 4 is 12.2 Å². The average Bonchev–Trinajstić information content (AvgIpc) is 2.58. The first-order valence-electron chi connectivity index (χ1n) is 6.57. The minimum atomic E-state index is 0.424. The van der Waals surface area contributed by atoms with Crippen LogP contribution < -0.4 is 0 Å². The number of H-pyrrole nitrogens is 1. The molecule has 0 saturated heterocycles. The molecule has 2 rings (SSSR count). The average molecular weight is 253 g/mol. The van der Waals surface area contributed by atoms with Gasteiger partial charge >= 0.3 is 0 Å². The van der Waals surface area contributed by atoms with E-state index >= 15 is 0 Å². The highest BCUT2D eigenvalue weighted by Crippen LogP contribution is 2.41. The number of nitrogens with one attached hydrogen (secondary N) is 1. The molecule has 1 N–H and O–H groups in total. The molecule has 4 heteroatoms. The Morgan fingerprint density at radius 2 is 2.18 bits per heavy atom. The molecule has 17 heavy (non-hydrogen) atoms. The summed E-state index contributed by atoms with van der Waals surface area (Å²) in [5.41, 5.74) is 0.434. The Bertz CT molecular complexity index is 442. The van der Waals surface area contributed by atoms with E-state index in [-0.39, 0.29) is 0 Å². The lowest BCUT2D eigenvalue weighted by molar-refractivity contribution is 0.179. The van der Waals surface area contributed by atoms with Gasteiger partial charge in [-0.15, -0.1) is 0 Å². The van der Waals surface area contributed by atoms with E-state index in [1.807, 2.05) is 0 Å². The van der Waals surface area contributed by atoms with E-state index in [1.165, 1.54) is 25.7 Å². The van der Waals surface area contributed by atoms with Crippen LogP contribution in [0.15, 0.2) is 0 Å². The lowest BCUT2D eigenvalue weighted by atomic mass is 9.75. The number of rotatable bonds is 2.